The van der Waals surface area contributed by atoms with E-state index in [0.29, 0.717) is 0 Å². The predicted molar refractivity (Wildman–Crippen MR) is 50.1 cm³/mol. The average molecular weight is 189 g/mol. The van der Waals surface area contributed by atoms with Gasteiger partial charge in [-0.1, -0.05) is 13.8 Å². The van der Waals surface area contributed by atoms with Crippen molar-refractivity contribution >= 4 is 5.97 Å². The van der Waals surface area contributed by atoms with Crippen molar-refractivity contribution in [2.45, 2.75) is 39.4 Å². The molecule has 2 atom stereocenters. The number of aliphatic hydroxyl groups excluding tert-OH is 1. The molecular weight excluding hydrogens is 170 g/mol. The molecule has 0 heterocycles. The minimum atomic E-state index is -1.08. The maximum atomic E-state index is 11.1. The monoisotopic (exact) mass is 189 g/mol. The number of carbonyl (C=O) groups excluding carboxylic acids is 1. The number of rotatable bonds is 5. The van der Waals surface area contributed by atoms with Gasteiger partial charge in [0.25, 0.3) is 0 Å². The minimum Gasteiger partial charge on any atom is -0.460 e. The summed E-state index contributed by atoms with van der Waals surface area (Å²) in [4.78, 5) is 11.1. The third-order valence-corrected chi connectivity index (χ3v) is 1.95. The van der Waals surface area contributed by atoms with Gasteiger partial charge in [0, 0.05) is 0 Å². The van der Waals surface area contributed by atoms with Crippen LogP contribution in [0.25, 0.3) is 0 Å². The number of hydrogen-bond donors (Lipinski definition) is 2. The van der Waals surface area contributed by atoms with Gasteiger partial charge in [0.1, 0.15) is 6.10 Å². The molecule has 0 aliphatic heterocycles. The van der Waals surface area contributed by atoms with E-state index < -0.39 is 12.1 Å². The third kappa shape index (κ3) is 4.85. The van der Waals surface area contributed by atoms with Crippen molar-refractivity contribution in [3.05, 3.63) is 0 Å². The van der Waals surface area contributed by atoms with Crippen LogP contribution in [0, 0.1) is 5.92 Å². The number of esters is 1. The van der Waals surface area contributed by atoms with Gasteiger partial charge >= 0.3 is 5.97 Å². The van der Waals surface area contributed by atoms with Gasteiger partial charge in [-0.2, -0.15) is 0 Å². The molecule has 0 aromatic heterocycles. The molecule has 0 radical (unpaired) electrons. The van der Waals surface area contributed by atoms with E-state index in [9.17, 15) is 9.90 Å². The van der Waals surface area contributed by atoms with Crippen molar-refractivity contribution in [3.8, 4) is 0 Å². The number of aliphatic hydroxyl groups is 1. The molecule has 4 heteroatoms. The highest BCUT2D eigenvalue weighted by molar-refractivity contribution is 5.74. The van der Waals surface area contributed by atoms with Crippen LogP contribution in [-0.4, -0.2) is 29.8 Å². The number of carbonyl (C=O) groups is 1. The highest BCUT2D eigenvalue weighted by Crippen LogP contribution is 2.07. The molecule has 0 fully saturated rings. The first-order valence-corrected chi connectivity index (χ1v) is 4.57. The van der Waals surface area contributed by atoms with Crippen LogP contribution in [0.15, 0.2) is 0 Å². The SMILES string of the molecule is CC(C)C(C)OC(=O)C(O)CCN. The highest BCUT2D eigenvalue weighted by Gasteiger charge is 2.19. The summed E-state index contributed by atoms with van der Waals surface area (Å²) in [6, 6.07) is 0. The standard InChI is InChI=1S/C9H19NO3/c1-6(2)7(3)13-9(12)8(11)4-5-10/h6-8,11H,4-5,10H2,1-3H3. The summed E-state index contributed by atoms with van der Waals surface area (Å²) in [7, 11) is 0. The molecule has 13 heavy (non-hydrogen) atoms. The lowest BCUT2D eigenvalue weighted by Gasteiger charge is -2.18. The quantitative estimate of drug-likeness (QED) is 0.609. The maximum Gasteiger partial charge on any atom is 0.335 e. The van der Waals surface area contributed by atoms with Crippen LogP contribution in [0.3, 0.4) is 0 Å². The van der Waals surface area contributed by atoms with E-state index in [-0.39, 0.29) is 25.0 Å². The Hall–Kier alpha value is -0.610. The van der Waals surface area contributed by atoms with Gasteiger partial charge in [-0.3, -0.25) is 0 Å². The molecule has 0 bridgehead atoms. The molecule has 0 aliphatic carbocycles. The Bertz CT molecular complexity index is 159. The highest BCUT2D eigenvalue weighted by atomic mass is 16.6. The molecular formula is C9H19NO3. The molecule has 0 aliphatic rings. The molecule has 0 aromatic rings. The van der Waals surface area contributed by atoms with Gasteiger partial charge < -0.3 is 15.6 Å². The van der Waals surface area contributed by atoms with Crippen LogP contribution in [0.5, 0.6) is 0 Å². The smallest absolute Gasteiger partial charge is 0.335 e. The van der Waals surface area contributed by atoms with Crippen molar-refractivity contribution in [1.82, 2.24) is 0 Å². The van der Waals surface area contributed by atoms with Crippen LogP contribution in [0.4, 0.5) is 0 Å². The Morgan fingerprint density at radius 1 is 1.46 bits per heavy atom. The third-order valence-electron chi connectivity index (χ3n) is 1.95. The minimum absolute atomic E-state index is 0.167. The van der Waals surface area contributed by atoms with Crippen molar-refractivity contribution in [1.29, 1.82) is 0 Å². The second-order valence-electron chi connectivity index (χ2n) is 3.48. The molecule has 4 nitrogen and oxygen atoms in total. The Morgan fingerprint density at radius 3 is 2.38 bits per heavy atom. The van der Waals surface area contributed by atoms with Crippen LogP contribution in [-0.2, 0) is 9.53 Å². The Labute approximate surface area is 79.1 Å². The molecule has 0 amide bonds. The fourth-order valence-electron chi connectivity index (χ4n) is 0.674. The van der Waals surface area contributed by atoms with E-state index in [0.717, 1.165) is 0 Å². The van der Waals surface area contributed by atoms with E-state index in [2.05, 4.69) is 0 Å². The van der Waals surface area contributed by atoms with Gasteiger partial charge in [-0.15, -0.1) is 0 Å². The van der Waals surface area contributed by atoms with Crippen LogP contribution in [0.2, 0.25) is 0 Å². The summed E-state index contributed by atoms with van der Waals surface area (Å²) in [5.74, 6) is -0.319. The largest absolute Gasteiger partial charge is 0.460 e. The predicted octanol–water partition coefficient (Wildman–Crippen LogP) is 0.284. The lowest BCUT2D eigenvalue weighted by molar-refractivity contribution is -0.160. The molecule has 0 saturated carbocycles. The normalized spacial score (nSPS) is 15.5. The summed E-state index contributed by atoms with van der Waals surface area (Å²) in [5.41, 5.74) is 5.19. The first-order valence-electron chi connectivity index (χ1n) is 4.57. The zero-order chi connectivity index (χ0) is 10.4. The Morgan fingerprint density at radius 2 is 2.00 bits per heavy atom. The van der Waals surface area contributed by atoms with E-state index in [4.69, 9.17) is 10.5 Å². The molecule has 78 valence electrons. The van der Waals surface area contributed by atoms with Gasteiger partial charge in [0.2, 0.25) is 0 Å². The summed E-state index contributed by atoms with van der Waals surface area (Å²) >= 11 is 0. The number of hydrogen-bond acceptors (Lipinski definition) is 4. The van der Waals surface area contributed by atoms with Crippen molar-refractivity contribution < 1.29 is 14.6 Å². The van der Waals surface area contributed by atoms with Crippen molar-refractivity contribution in [2.24, 2.45) is 11.7 Å². The zero-order valence-corrected chi connectivity index (χ0v) is 8.49. The van der Waals surface area contributed by atoms with E-state index in [1.807, 2.05) is 13.8 Å². The zero-order valence-electron chi connectivity index (χ0n) is 8.49. The van der Waals surface area contributed by atoms with Crippen molar-refractivity contribution in [2.75, 3.05) is 6.54 Å². The van der Waals surface area contributed by atoms with Crippen LogP contribution in [0.1, 0.15) is 27.2 Å². The Balaban J connectivity index is 3.85. The fourth-order valence-corrected chi connectivity index (χ4v) is 0.674. The van der Waals surface area contributed by atoms with Gasteiger partial charge in [-0.05, 0) is 25.8 Å². The lowest BCUT2D eigenvalue weighted by atomic mass is 10.1. The van der Waals surface area contributed by atoms with E-state index in [1.54, 1.807) is 6.92 Å². The maximum absolute atomic E-state index is 11.1. The molecule has 0 saturated heterocycles. The molecule has 2 unspecified atom stereocenters. The fraction of sp³-hybridized carbons (Fsp3) is 0.889. The van der Waals surface area contributed by atoms with E-state index >= 15 is 0 Å². The van der Waals surface area contributed by atoms with Crippen LogP contribution < -0.4 is 5.73 Å². The average Bonchev–Trinajstić information content (AvgIpc) is 2.04. The van der Waals surface area contributed by atoms with Gasteiger partial charge in [0.05, 0.1) is 0 Å². The van der Waals surface area contributed by atoms with Crippen LogP contribution >= 0.6 is 0 Å². The number of ether oxygens (including phenoxy) is 1. The van der Waals surface area contributed by atoms with Crippen molar-refractivity contribution in [3.63, 3.8) is 0 Å². The molecule has 0 spiro atoms. The first-order chi connectivity index (χ1) is 5.99. The molecule has 3 N–H and O–H groups in total. The van der Waals surface area contributed by atoms with Gasteiger partial charge in [-0.25, -0.2) is 4.79 Å². The summed E-state index contributed by atoms with van der Waals surface area (Å²) in [6.45, 7) is 5.99. The summed E-state index contributed by atoms with van der Waals surface area (Å²) < 4.78 is 4.98. The van der Waals surface area contributed by atoms with Gasteiger partial charge in [0.15, 0.2) is 6.10 Å². The number of nitrogens with two attached hydrogens (primary N) is 1. The molecule has 0 rings (SSSR count). The lowest BCUT2D eigenvalue weighted by Crippen LogP contribution is -2.30. The van der Waals surface area contributed by atoms with E-state index in [1.165, 1.54) is 0 Å². The topological polar surface area (TPSA) is 72.5 Å². The second-order valence-corrected chi connectivity index (χ2v) is 3.48. The summed E-state index contributed by atoms with van der Waals surface area (Å²) in [6.07, 6.45) is -0.991. The first kappa shape index (κ1) is 12.4. The summed E-state index contributed by atoms with van der Waals surface area (Å²) in [5, 5.41) is 9.19. The Kier molecular flexibility index (Phi) is 5.66. The molecule has 0 aromatic carbocycles. The second kappa shape index (κ2) is 5.94.